The highest BCUT2D eigenvalue weighted by Crippen LogP contribution is 2.18. The molecule has 19 heavy (non-hydrogen) atoms. The molecule has 2 rings (SSSR count). The number of carbonyl (C=O) groups is 1. The lowest BCUT2D eigenvalue weighted by Crippen LogP contribution is -2.41. The van der Waals surface area contributed by atoms with E-state index in [0.29, 0.717) is 18.8 Å². The van der Waals surface area contributed by atoms with E-state index < -0.39 is 0 Å². The zero-order valence-electron chi connectivity index (χ0n) is 11.8. The van der Waals surface area contributed by atoms with Gasteiger partial charge in [-0.15, -0.1) is 0 Å². The van der Waals surface area contributed by atoms with Gasteiger partial charge >= 0.3 is 0 Å². The summed E-state index contributed by atoms with van der Waals surface area (Å²) >= 11 is 0. The van der Waals surface area contributed by atoms with Crippen LogP contribution in [0.3, 0.4) is 0 Å². The summed E-state index contributed by atoms with van der Waals surface area (Å²) in [6, 6.07) is 1.90. The molecule has 0 radical (unpaired) electrons. The van der Waals surface area contributed by atoms with Crippen LogP contribution in [0.5, 0.6) is 0 Å². The molecule has 1 N–H and O–H groups in total. The molecule has 1 aromatic heterocycles. The van der Waals surface area contributed by atoms with E-state index in [1.165, 1.54) is 0 Å². The average Bonchev–Trinajstić information content (AvgIpc) is 2.89. The molecule has 0 bridgehead atoms. The van der Waals surface area contributed by atoms with E-state index in [9.17, 15) is 9.90 Å². The lowest BCUT2D eigenvalue weighted by atomic mass is 9.99. The van der Waals surface area contributed by atoms with Crippen LogP contribution in [0.15, 0.2) is 6.07 Å². The van der Waals surface area contributed by atoms with E-state index in [0.717, 1.165) is 31.5 Å². The van der Waals surface area contributed by atoms with Gasteiger partial charge < -0.3 is 10.0 Å². The van der Waals surface area contributed by atoms with E-state index in [4.69, 9.17) is 0 Å². The number of rotatable bonds is 4. The highest BCUT2D eigenvalue weighted by molar-refractivity contribution is 5.92. The van der Waals surface area contributed by atoms with Crippen LogP contribution in [0.4, 0.5) is 0 Å². The van der Waals surface area contributed by atoms with Crippen molar-refractivity contribution in [3.63, 3.8) is 0 Å². The molecular weight excluding hydrogens is 242 g/mol. The van der Waals surface area contributed by atoms with Crippen molar-refractivity contribution >= 4 is 5.91 Å². The molecule has 106 valence electrons. The van der Waals surface area contributed by atoms with Crippen LogP contribution >= 0.6 is 0 Å². The van der Waals surface area contributed by atoms with Crippen molar-refractivity contribution in [2.45, 2.75) is 39.7 Å². The maximum atomic E-state index is 12.6. The van der Waals surface area contributed by atoms with Gasteiger partial charge in [0.05, 0.1) is 5.69 Å². The summed E-state index contributed by atoms with van der Waals surface area (Å²) in [5, 5.41) is 13.7. The number of amides is 1. The molecule has 5 nitrogen and oxygen atoms in total. The number of aryl methyl sites for hydroxylation is 2. The predicted octanol–water partition coefficient (Wildman–Crippen LogP) is 1.31. The fourth-order valence-corrected chi connectivity index (χ4v) is 2.62. The number of aliphatic hydroxyl groups is 1. The third-order valence-electron chi connectivity index (χ3n) is 3.78. The molecule has 0 spiro atoms. The fourth-order valence-electron chi connectivity index (χ4n) is 2.62. The van der Waals surface area contributed by atoms with Crippen molar-refractivity contribution in [1.29, 1.82) is 0 Å². The molecule has 2 heterocycles. The predicted molar refractivity (Wildman–Crippen MR) is 73.0 cm³/mol. The van der Waals surface area contributed by atoms with Gasteiger partial charge in [0.1, 0.15) is 5.69 Å². The highest BCUT2D eigenvalue weighted by Gasteiger charge is 2.26. The Balaban J connectivity index is 2.16. The molecule has 1 atom stereocenters. The summed E-state index contributed by atoms with van der Waals surface area (Å²) in [5.74, 6) is 0.272. The third kappa shape index (κ3) is 2.97. The average molecular weight is 265 g/mol. The number of aliphatic hydroxyl groups excluding tert-OH is 1. The van der Waals surface area contributed by atoms with E-state index >= 15 is 0 Å². The van der Waals surface area contributed by atoms with E-state index in [1.54, 1.807) is 4.68 Å². The quantitative estimate of drug-likeness (QED) is 0.893. The number of carbonyl (C=O) groups excluding carboxylic acids is 1. The minimum Gasteiger partial charge on any atom is -0.396 e. The fraction of sp³-hybridized carbons (Fsp3) is 0.714. The smallest absolute Gasteiger partial charge is 0.272 e. The standard InChI is InChI=1S/C14H23N3O2/c1-3-12-8-13(17(4-2)15-12)14(19)16-7-5-6-11(9-16)10-18/h8,11,18H,3-7,9-10H2,1-2H3. The van der Waals surface area contributed by atoms with Gasteiger partial charge in [0.25, 0.3) is 5.91 Å². The van der Waals surface area contributed by atoms with E-state index in [2.05, 4.69) is 5.10 Å². The van der Waals surface area contributed by atoms with Crippen molar-refractivity contribution in [3.05, 3.63) is 17.5 Å². The monoisotopic (exact) mass is 265 g/mol. The molecule has 0 aliphatic carbocycles. The van der Waals surface area contributed by atoms with Crippen molar-refractivity contribution in [3.8, 4) is 0 Å². The second-order valence-corrected chi connectivity index (χ2v) is 5.13. The van der Waals surface area contributed by atoms with Gasteiger partial charge in [-0.3, -0.25) is 9.48 Å². The molecule has 1 saturated heterocycles. The first-order chi connectivity index (χ1) is 9.19. The Morgan fingerprint density at radius 2 is 2.32 bits per heavy atom. The van der Waals surface area contributed by atoms with Gasteiger partial charge in [-0.2, -0.15) is 5.10 Å². The molecule has 1 amide bonds. The van der Waals surface area contributed by atoms with Crippen LogP contribution in [0.2, 0.25) is 0 Å². The van der Waals surface area contributed by atoms with E-state index in [1.807, 2.05) is 24.8 Å². The molecule has 1 unspecified atom stereocenters. The first kappa shape index (κ1) is 14.1. The minimum atomic E-state index is 0.0483. The van der Waals surface area contributed by atoms with Crippen LogP contribution in [-0.4, -0.2) is 45.4 Å². The summed E-state index contributed by atoms with van der Waals surface area (Å²) in [7, 11) is 0. The number of aromatic nitrogens is 2. The summed E-state index contributed by atoms with van der Waals surface area (Å²) < 4.78 is 1.78. The number of likely N-dealkylation sites (tertiary alicyclic amines) is 1. The molecule has 0 aromatic carbocycles. The summed E-state index contributed by atoms with van der Waals surface area (Å²) in [4.78, 5) is 14.4. The van der Waals surface area contributed by atoms with Crippen LogP contribution in [0, 0.1) is 5.92 Å². The number of nitrogens with zero attached hydrogens (tertiary/aromatic N) is 3. The van der Waals surface area contributed by atoms with Gasteiger partial charge in [-0.05, 0) is 38.2 Å². The highest BCUT2D eigenvalue weighted by atomic mass is 16.3. The molecule has 1 aromatic rings. The van der Waals surface area contributed by atoms with Gasteiger partial charge in [0.15, 0.2) is 0 Å². The first-order valence-corrected chi connectivity index (χ1v) is 7.16. The molecule has 5 heteroatoms. The lowest BCUT2D eigenvalue weighted by Gasteiger charge is -2.31. The van der Waals surface area contributed by atoms with Crippen molar-refractivity contribution in [2.75, 3.05) is 19.7 Å². The van der Waals surface area contributed by atoms with E-state index in [-0.39, 0.29) is 18.4 Å². The van der Waals surface area contributed by atoms with Gasteiger partial charge in [-0.25, -0.2) is 0 Å². The largest absolute Gasteiger partial charge is 0.396 e. The Hall–Kier alpha value is -1.36. The van der Waals surface area contributed by atoms with Crippen molar-refractivity contribution in [2.24, 2.45) is 5.92 Å². The Morgan fingerprint density at radius 3 is 2.95 bits per heavy atom. The number of piperidine rings is 1. The maximum absolute atomic E-state index is 12.6. The summed E-state index contributed by atoms with van der Waals surface area (Å²) in [5.41, 5.74) is 1.64. The van der Waals surface area contributed by atoms with Crippen molar-refractivity contribution in [1.82, 2.24) is 14.7 Å². The Kier molecular flexibility index (Phi) is 4.58. The first-order valence-electron chi connectivity index (χ1n) is 7.16. The zero-order valence-corrected chi connectivity index (χ0v) is 11.8. The molecule has 1 aliphatic rings. The Morgan fingerprint density at radius 1 is 1.53 bits per heavy atom. The number of hydrogen-bond donors (Lipinski definition) is 1. The molecule has 0 saturated carbocycles. The maximum Gasteiger partial charge on any atom is 0.272 e. The summed E-state index contributed by atoms with van der Waals surface area (Å²) in [6.07, 6.45) is 2.82. The molecule has 1 fully saturated rings. The zero-order chi connectivity index (χ0) is 13.8. The minimum absolute atomic E-state index is 0.0483. The van der Waals surface area contributed by atoms with Gasteiger partial charge in [0.2, 0.25) is 0 Å². The third-order valence-corrected chi connectivity index (χ3v) is 3.78. The normalized spacial score (nSPS) is 19.7. The number of hydrogen-bond acceptors (Lipinski definition) is 3. The van der Waals surface area contributed by atoms with Gasteiger partial charge in [0, 0.05) is 26.2 Å². The van der Waals surface area contributed by atoms with Crippen LogP contribution in [-0.2, 0) is 13.0 Å². The lowest BCUT2D eigenvalue weighted by molar-refractivity contribution is 0.0609. The van der Waals surface area contributed by atoms with Crippen LogP contribution in [0.1, 0.15) is 42.9 Å². The Bertz CT molecular complexity index is 442. The van der Waals surface area contributed by atoms with Crippen molar-refractivity contribution < 1.29 is 9.90 Å². The summed E-state index contributed by atoms with van der Waals surface area (Å²) in [6.45, 7) is 6.35. The second kappa shape index (κ2) is 6.19. The Labute approximate surface area is 114 Å². The molecular formula is C14H23N3O2. The molecule has 1 aliphatic heterocycles. The van der Waals surface area contributed by atoms with Crippen LogP contribution in [0.25, 0.3) is 0 Å². The van der Waals surface area contributed by atoms with Crippen LogP contribution < -0.4 is 0 Å². The second-order valence-electron chi connectivity index (χ2n) is 5.13. The van der Waals surface area contributed by atoms with Gasteiger partial charge in [-0.1, -0.05) is 6.92 Å². The topological polar surface area (TPSA) is 58.4 Å². The SMILES string of the molecule is CCc1cc(C(=O)N2CCCC(CO)C2)n(CC)n1.